The van der Waals surface area contributed by atoms with Crippen molar-refractivity contribution >= 4 is 5.97 Å². The molecule has 1 N–H and O–H groups in total. The third kappa shape index (κ3) is 41.3. The number of esters is 1. The first-order valence-electron chi connectivity index (χ1n) is 22.4. The fourth-order valence-electron chi connectivity index (χ4n) is 6.64. The van der Waals surface area contributed by atoms with Gasteiger partial charge in [-0.2, -0.15) is 0 Å². The molecular formula is C46H88O4. The fraction of sp³-hybridized carbons (Fsp3) is 0.891. The topological polar surface area (TPSA) is 55.8 Å². The average Bonchev–Trinajstić information content (AvgIpc) is 3.12. The molecule has 50 heavy (non-hydrogen) atoms. The van der Waals surface area contributed by atoms with Gasteiger partial charge in [-0.3, -0.25) is 4.79 Å². The van der Waals surface area contributed by atoms with Crippen molar-refractivity contribution in [1.29, 1.82) is 0 Å². The summed E-state index contributed by atoms with van der Waals surface area (Å²) in [6, 6.07) is 0. The molecule has 296 valence electrons. The molecule has 0 aliphatic rings. The number of aliphatic hydroxyl groups is 1. The van der Waals surface area contributed by atoms with Crippen LogP contribution < -0.4 is 0 Å². The summed E-state index contributed by atoms with van der Waals surface area (Å²) in [5.74, 6) is -0.211. The number of ether oxygens (including phenoxy) is 2. The number of aliphatic hydroxyl groups excluding tert-OH is 1. The zero-order chi connectivity index (χ0) is 36.3. The van der Waals surface area contributed by atoms with Crippen molar-refractivity contribution in [3.05, 3.63) is 24.3 Å². The monoisotopic (exact) mass is 705 g/mol. The van der Waals surface area contributed by atoms with E-state index in [9.17, 15) is 9.90 Å². The van der Waals surface area contributed by atoms with Gasteiger partial charge in [0.05, 0.1) is 13.2 Å². The molecule has 0 rings (SSSR count). The standard InChI is InChI=1S/C46H88O4/c1-3-5-7-9-11-13-15-17-19-20-21-22-23-24-25-26-27-28-30-32-34-36-38-40-42-49-44-45(43-47)50-46(48)41-39-37-35-33-31-29-18-16-14-12-10-8-6-4-2/h10,12,16,18,45,47H,3-9,11,13-15,17,19-44H2,1-2H3/b12-10-,18-16-. The van der Waals surface area contributed by atoms with Crippen LogP contribution >= 0.6 is 0 Å². The van der Waals surface area contributed by atoms with Gasteiger partial charge in [-0.05, 0) is 38.5 Å². The van der Waals surface area contributed by atoms with Crippen LogP contribution in [-0.2, 0) is 14.3 Å². The Morgan fingerprint density at radius 3 is 1.30 bits per heavy atom. The second-order valence-corrected chi connectivity index (χ2v) is 15.1. The quantitative estimate of drug-likeness (QED) is 0.0390. The first-order valence-corrected chi connectivity index (χ1v) is 22.4. The molecule has 0 spiro atoms. The molecule has 0 bridgehead atoms. The Kier molecular flexibility index (Phi) is 43.0. The molecule has 0 saturated heterocycles. The van der Waals surface area contributed by atoms with Gasteiger partial charge in [0.2, 0.25) is 0 Å². The molecule has 1 atom stereocenters. The van der Waals surface area contributed by atoms with Gasteiger partial charge in [0.25, 0.3) is 0 Å². The summed E-state index contributed by atoms with van der Waals surface area (Å²) >= 11 is 0. The summed E-state index contributed by atoms with van der Waals surface area (Å²) in [4.78, 5) is 12.2. The minimum Gasteiger partial charge on any atom is -0.457 e. The van der Waals surface area contributed by atoms with Gasteiger partial charge in [-0.1, -0.05) is 218 Å². The summed E-state index contributed by atoms with van der Waals surface area (Å²) in [5, 5.41) is 9.60. The van der Waals surface area contributed by atoms with Crippen molar-refractivity contribution in [2.45, 2.75) is 245 Å². The van der Waals surface area contributed by atoms with Crippen molar-refractivity contribution < 1.29 is 19.4 Å². The number of carbonyl (C=O) groups excluding carboxylic acids is 1. The van der Waals surface area contributed by atoms with Crippen molar-refractivity contribution in [2.75, 3.05) is 19.8 Å². The highest BCUT2D eigenvalue weighted by Gasteiger charge is 2.13. The highest BCUT2D eigenvalue weighted by atomic mass is 16.6. The minimum absolute atomic E-state index is 0.173. The predicted octanol–water partition coefficient (Wildman–Crippen LogP) is 14.7. The van der Waals surface area contributed by atoms with Crippen LogP contribution in [0.3, 0.4) is 0 Å². The van der Waals surface area contributed by atoms with E-state index in [1.807, 2.05) is 0 Å². The molecule has 0 aliphatic carbocycles. The number of hydrogen-bond acceptors (Lipinski definition) is 4. The van der Waals surface area contributed by atoms with E-state index in [2.05, 4.69) is 38.2 Å². The van der Waals surface area contributed by atoms with Crippen LogP contribution in [0.1, 0.15) is 239 Å². The van der Waals surface area contributed by atoms with E-state index in [1.165, 1.54) is 180 Å². The smallest absolute Gasteiger partial charge is 0.306 e. The lowest BCUT2D eigenvalue weighted by Gasteiger charge is -2.15. The summed E-state index contributed by atoms with van der Waals surface area (Å²) in [6.45, 7) is 5.33. The van der Waals surface area contributed by atoms with Gasteiger partial charge < -0.3 is 14.6 Å². The lowest BCUT2D eigenvalue weighted by atomic mass is 10.0. The number of rotatable bonds is 42. The zero-order valence-electron chi connectivity index (χ0n) is 33.9. The van der Waals surface area contributed by atoms with E-state index >= 15 is 0 Å². The number of unbranched alkanes of at least 4 members (excludes halogenated alkanes) is 30. The molecule has 0 aromatic heterocycles. The number of hydrogen-bond donors (Lipinski definition) is 1. The third-order valence-corrected chi connectivity index (χ3v) is 10.0. The third-order valence-electron chi connectivity index (χ3n) is 10.0. The maximum atomic E-state index is 12.2. The summed E-state index contributed by atoms with van der Waals surface area (Å²) in [6.07, 6.45) is 54.0. The van der Waals surface area contributed by atoms with Crippen LogP contribution in [0.15, 0.2) is 24.3 Å². The van der Waals surface area contributed by atoms with E-state index in [1.54, 1.807) is 0 Å². The number of allylic oxidation sites excluding steroid dienone is 4. The second kappa shape index (κ2) is 44.0. The van der Waals surface area contributed by atoms with Gasteiger partial charge in [0.1, 0.15) is 6.10 Å². The van der Waals surface area contributed by atoms with E-state index in [-0.39, 0.29) is 12.6 Å². The molecule has 0 aliphatic heterocycles. The van der Waals surface area contributed by atoms with Gasteiger partial charge in [0, 0.05) is 13.0 Å². The molecule has 0 saturated carbocycles. The highest BCUT2D eigenvalue weighted by Crippen LogP contribution is 2.16. The Balaban J connectivity index is 3.36. The van der Waals surface area contributed by atoms with Crippen LogP contribution in [-0.4, -0.2) is 37.0 Å². The summed E-state index contributed by atoms with van der Waals surface area (Å²) in [7, 11) is 0. The molecule has 0 radical (unpaired) electrons. The number of carbonyl (C=O) groups is 1. The van der Waals surface area contributed by atoms with E-state index in [4.69, 9.17) is 9.47 Å². The predicted molar refractivity (Wildman–Crippen MR) is 219 cm³/mol. The summed E-state index contributed by atoms with van der Waals surface area (Å²) < 4.78 is 11.2. The maximum Gasteiger partial charge on any atom is 0.306 e. The van der Waals surface area contributed by atoms with E-state index in [0.29, 0.717) is 19.6 Å². The van der Waals surface area contributed by atoms with Crippen LogP contribution in [0, 0.1) is 0 Å². The molecule has 4 nitrogen and oxygen atoms in total. The normalized spacial score (nSPS) is 12.5. The molecule has 0 aromatic rings. The Hall–Kier alpha value is -1.13. The lowest BCUT2D eigenvalue weighted by molar-refractivity contribution is -0.154. The van der Waals surface area contributed by atoms with Crippen molar-refractivity contribution in [1.82, 2.24) is 0 Å². The van der Waals surface area contributed by atoms with Crippen LogP contribution in [0.2, 0.25) is 0 Å². The Labute approximate surface area is 313 Å². The van der Waals surface area contributed by atoms with Crippen molar-refractivity contribution in [3.8, 4) is 0 Å². The fourth-order valence-corrected chi connectivity index (χ4v) is 6.64. The maximum absolute atomic E-state index is 12.2. The Morgan fingerprint density at radius 1 is 0.480 bits per heavy atom. The summed E-state index contributed by atoms with van der Waals surface area (Å²) in [5.41, 5.74) is 0. The molecule has 0 fully saturated rings. The Bertz CT molecular complexity index is 702. The van der Waals surface area contributed by atoms with E-state index in [0.717, 1.165) is 38.5 Å². The van der Waals surface area contributed by atoms with Gasteiger partial charge in [0.15, 0.2) is 0 Å². The molecule has 0 heterocycles. The van der Waals surface area contributed by atoms with Crippen molar-refractivity contribution in [3.63, 3.8) is 0 Å². The minimum atomic E-state index is -0.537. The largest absolute Gasteiger partial charge is 0.457 e. The molecular weight excluding hydrogens is 617 g/mol. The van der Waals surface area contributed by atoms with Crippen LogP contribution in [0.25, 0.3) is 0 Å². The molecule has 0 aromatic carbocycles. The van der Waals surface area contributed by atoms with Gasteiger partial charge >= 0.3 is 5.97 Å². The van der Waals surface area contributed by atoms with Crippen molar-refractivity contribution in [2.24, 2.45) is 0 Å². The van der Waals surface area contributed by atoms with Gasteiger partial charge in [-0.25, -0.2) is 0 Å². The first kappa shape index (κ1) is 48.9. The molecule has 1 unspecified atom stereocenters. The lowest BCUT2D eigenvalue weighted by Crippen LogP contribution is -2.27. The zero-order valence-corrected chi connectivity index (χ0v) is 33.9. The van der Waals surface area contributed by atoms with E-state index < -0.39 is 6.10 Å². The van der Waals surface area contributed by atoms with Gasteiger partial charge in [-0.15, -0.1) is 0 Å². The van der Waals surface area contributed by atoms with Crippen LogP contribution in [0.4, 0.5) is 0 Å². The van der Waals surface area contributed by atoms with Crippen LogP contribution in [0.5, 0.6) is 0 Å². The second-order valence-electron chi connectivity index (χ2n) is 15.1. The SMILES string of the molecule is CCCC/C=C\C/C=C\CCCCCCCC(=O)OC(CO)COCCCCCCCCCCCCCCCCCCCCCCCCCC. The molecule has 0 amide bonds. The molecule has 4 heteroatoms. The highest BCUT2D eigenvalue weighted by molar-refractivity contribution is 5.69. The average molecular weight is 705 g/mol. The Morgan fingerprint density at radius 2 is 0.860 bits per heavy atom. The first-order chi connectivity index (χ1) is 24.7.